The minimum absolute atomic E-state index is 0.653. The summed E-state index contributed by atoms with van der Waals surface area (Å²) in [5, 5.41) is 8.04. The summed E-state index contributed by atoms with van der Waals surface area (Å²) in [5.41, 5.74) is 2.06. The number of hydrazine groups is 1. The molecule has 4 nitrogen and oxygen atoms in total. The average molecular weight is 104 g/mol. The molecule has 0 aliphatic rings. The van der Waals surface area contributed by atoms with E-state index in [0.717, 1.165) is 0 Å². The largest absolute Gasteiger partial charge is 0.480 e. The monoisotopic (exact) mass is 104 g/mol. The van der Waals surface area contributed by atoms with Crippen molar-refractivity contribution in [1.82, 2.24) is 5.43 Å². The van der Waals surface area contributed by atoms with Crippen LogP contribution < -0.4 is 11.3 Å². The van der Waals surface area contributed by atoms with Crippen LogP contribution in [0, 0.1) is 0 Å². The van der Waals surface area contributed by atoms with Gasteiger partial charge in [0.15, 0.2) is 0 Å². The second-order valence-corrected chi connectivity index (χ2v) is 1.23. The molecule has 0 aromatic rings. The summed E-state index contributed by atoms with van der Waals surface area (Å²) >= 11 is 0. The van der Waals surface area contributed by atoms with Gasteiger partial charge in [-0.1, -0.05) is 0 Å². The molecule has 0 saturated heterocycles. The molecule has 0 aromatic heterocycles. The van der Waals surface area contributed by atoms with Crippen molar-refractivity contribution in [3.05, 3.63) is 0 Å². The molecule has 0 saturated carbocycles. The number of carboxylic acids is 1. The second-order valence-electron chi connectivity index (χ2n) is 1.23. The van der Waals surface area contributed by atoms with Crippen LogP contribution in [-0.2, 0) is 4.79 Å². The van der Waals surface area contributed by atoms with Crippen LogP contribution >= 0.6 is 0 Å². The minimum Gasteiger partial charge on any atom is -0.480 e. The van der Waals surface area contributed by atoms with Crippen molar-refractivity contribution in [1.29, 1.82) is 0 Å². The molecule has 4 N–H and O–H groups in total. The molecule has 42 valence electrons. The molecule has 0 spiro atoms. The Labute approximate surface area is 41.3 Å². The molecule has 0 radical (unpaired) electrons. The Morgan fingerprint density at radius 3 is 2.43 bits per heavy atom. The van der Waals surface area contributed by atoms with Gasteiger partial charge < -0.3 is 5.11 Å². The van der Waals surface area contributed by atoms with Crippen molar-refractivity contribution in [2.24, 2.45) is 5.84 Å². The smallest absolute Gasteiger partial charge is 0.321 e. The zero-order valence-corrected chi connectivity index (χ0v) is 4.01. The lowest BCUT2D eigenvalue weighted by atomic mass is 10.4. The van der Waals surface area contributed by atoms with E-state index in [-0.39, 0.29) is 0 Å². The van der Waals surface area contributed by atoms with Crippen LogP contribution in [0.15, 0.2) is 0 Å². The third kappa shape index (κ3) is 2.13. The van der Waals surface area contributed by atoms with Gasteiger partial charge >= 0.3 is 5.97 Å². The fraction of sp³-hybridized carbons (Fsp3) is 0.667. The highest BCUT2D eigenvalue weighted by Crippen LogP contribution is 1.72. The number of carbonyl (C=O) groups is 1. The van der Waals surface area contributed by atoms with Gasteiger partial charge in [-0.25, -0.2) is 5.43 Å². The van der Waals surface area contributed by atoms with Crippen molar-refractivity contribution in [2.75, 3.05) is 0 Å². The molecule has 0 heterocycles. The van der Waals surface area contributed by atoms with E-state index >= 15 is 0 Å². The molecule has 0 bridgehead atoms. The molecular weight excluding hydrogens is 96.0 g/mol. The SMILES string of the molecule is C[C@H](NN)C(=O)O. The maximum absolute atomic E-state index is 9.79. The zero-order chi connectivity index (χ0) is 5.86. The van der Waals surface area contributed by atoms with Gasteiger partial charge in [0.2, 0.25) is 0 Å². The molecule has 0 unspecified atom stereocenters. The lowest BCUT2D eigenvalue weighted by Crippen LogP contribution is -2.38. The number of aliphatic carboxylic acids is 1. The predicted octanol–water partition coefficient (Wildman–Crippen LogP) is -1.08. The van der Waals surface area contributed by atoms with E-state index in [1.54, 1.807) is 0 Å². The third-order valence-electron chi connectivity index (χ3n) is 0.620. The van der Waals surface area contributed by atoms with E-state index in [9.17, 15) is 4.79 Å². The van der Waals surface area contributed by atoms with Crippen LogP contribution in [0.1, 0.15) is 6.92 Å². The zero-order valence-electron chi connectivity index (χ0n) is 4.01. The summed E-state index contributed by atoms with van der Waals surface area (Å²) in [6, 6.07) is -0.653. The molecule has 4 heteroatoms. The standard InChI is InChI=1S/C3H8N2O2/c1-2(5-4)3(6)7/h2,5H,4H2,1H3,(H,6,7)/t2-/m0/s1. The number of carboxylic acid groups (broad SMARTS) is 1. The summed E-state index contributed by atoms with van der Waals surface area (Å²) in [7, 11) is 0. The Morgan fingerprint density at radius 1 is 2.00 bits per heavy atom. The molecular formula is C3H8N2O2. The van der Waals surface area contributed by atoms with E-state index in [1.807, 2.05) is 0 Å². The Balaban J connectivity index is 3.34. The van der Waals surface area contributed by atoms with Crippen molar-refractivity contribution in [3.8, 4) is 0 Å². The highest BCUT2D eigenvalue weighted by molar-refractivity contribution is 5.72. The van der Waals surface area contributed by atoms with Crippen LogP contribution in [0.3, 0.4) is 0 Å². The van der Waals surface area contributed by atoms with Gasteiger partial charge in [-0.15, -0.1) is 0 Å². The fourth-order valence-corrected chi connectivity index (χ4v) is 0.0713. The van der Waals surface area contributed by atoms with Crippen LogP contribution in [0.4, 0.5) is 0 Å². The first-order valence-electron chi connectivity index (χ1n) is 1.87. The number of hydrogen-bond donors (Lipinski definition) is 3. The summed E-state index contributed by atoms with van der Waals surface area (Å²) in [6.45, 7) is 1.46. The van der Waals surface area contributed by atoms with Crippen molar-refractivity contribution in [2.45, 2.75) is 13.0 Å². The predicted molar refractivity (Wildman–Crippen MR) is 24.4 cm³/mol. The van der Waals surface area contributed by atoms with Gasteiger partial charge in [-0.05, 0) is 6.92 Å². The van der Waals surface area contributed by atoms with E-state index in [0.29, 0.717) is 0 Å². The van der Waals surface area contributed by atoms with E-state index in [4.69, 9.17) is 10.9 Å². The third-order valence-corrected chi connectivity index (χ3v) is 0.620. The molecule has 0 aromatic carbocycles. The maximum atomic E-state index is 9.79. The van der Waals surface area contributed by atoms with Gasteiger partial charge in [0, 0.05) is 0 Å². The van der Waals surface area contributed by atoms with Crippen LogP contribution in [0.2, 0.25) is 0 Å². The van der Waals surface area contributed by atoms with Crippen LogP contribution in [-0.4, -0.2) is 17.1 Å². The Bertz CT molecular complexity index is 73.3. The first kappa shape index (κ1) is 6.39. The first-order valence-corrected chi connectivity index (χ1v) is 1.87. The van der Waals surface area contributed by atoms with E-state index in [1.165, 1.54) is 6.92 Å². The van der Waals surface area contributed by atoms with Gasteiger partial charge in [0.25, 0.3) is 0 Å². The summed E-state index contributed by atoms with van der Waals surface area (Å²) in [5.74, 6) is 3.80. The first-order chi connectivity index (χ1) is 3.18. The molecule has 0 aliphatic heterocycles. The summed E-state index contributed by atoms with van der Waals surface area (Å²) < 4.78 is 0. The van der Waals surface area contributed by atoms with Crippen molar-refractivity contribution < 1.29 is 9.90 Å². The summed E-state index contributed by atoms with van der Waals surface area (Å²) in [4.78, 5) is 9.79. The molecule has 0 aliphatic carbocycles. The molecule has 0 rings (SSSR count). The van der Waals surface area contributed by atoms with Crippen LogP contribution in [0.25, 0.3) is 0 Å². The van der Waals surface area contributed by atoms with Gasteiger partial charge in [-0.3, -0.25) is 10.6 Å². The Hall–Kier alpha value is -0.610. The second kappa shape index (κ2) is 2.54. The average Bonchev–Trinajstić information content (AvgIpc) is 1.65. The number of rotatable bonds is 2. The topological polar surface area (TPSA) is 75.3 Å². The summed E-state index contributed by atoms with van der Waals surface area (Å²) in [6.07, 6.45) is 0. The van der Waals surface area contributed by atoms with Crippen molar-refractivity contribution in [3.63, 3.8) is 0 Å². The highest BCUT2D eigenvalue weighted by Gasteiger charge is 2.04. The Morgan fingerprint density at radius 2 is 2.43 bits per heavy atom. The maximum Gasteiger partial charge on any atom is 0.321 e. The minimum atomic E-state index is -0.942. The lowest BCUT2D eigenvalue weighted by Gasteiger charge is -1.99. The molecule has 0 amide bonds. The quantitative estimate of drug-likeness (QED) is 0.308. The van der Waals surface area contributed by atoms with E-state index in [2.05, 4.69) is 5.43 Å². The fourth-order valence-electron chi connectivity index (χ4n) is 0.0713. The van der Waals surface area contributed by atoms with Gasteiger partial charge in [-0.2, -0.15) is 0 Å². The molecule has 0 fully saturated rings. The molecule has 7 heavy (non-hydrogen) atoms. The van der Waals surface area contributed by atoms with Crippen LogP contribution in [0.5, 0.6) is 0 Å². The normalized spacial score (nSPS) is 13.4. The Kier molecular flexibility index (Phi) is 2.32. The molecule has 1 atom stereocenters. The lowest BCUT2D eigenvalue weighted by molar-refractivity contribution is -0.138. The number of nitrogens with one attached hydrogen (secondary N) is 1. The number of nitrogens with two attached hydrogens (primary N) is 1. The van der Waals surface area contributed by atoms with E-state index < -0.39 is 12.0 Å². The highest BCUT2D eigenvalue weighted by atomic mass is 16.4. The van der Waals surface area contributed by atoms with Gasteiger partial charge in [0.1, 0.15) is 6.04 Å². The number of hydrogen-bond acceptors (Lipinski definition) is 3. The van der Waals surface area contributed by atoms with Crippen molar-refractivity contribution >= 4 is 5.97 Å². The van der Waals surface area contributed by atoms with Gasteiger partial charge in [0.05, 0.1) is 0 Å².